The lowest BCUT2D eigenvalue weighted by molar-refractivity contribution is -0.187. The van der Waals surface area contributed by atoms with Crippen LogP contribution in [0.4, 0.5) is 13.2 Å². The molecule has 10 heteroatoms. The van der Waals surface area contributed by atoms with Crippen molar-refractivity contribution in [3.63, 3.8) is 0 Å². The predicted molar refractivity (Wildman–Crippen MR) is 98.2 cm³/mol. The second-order valence-corrected chi connectivity index (χ2v) is 9.06. The number of hydrogen-bond donors (Lipinski definition) is 1. The zero-order chi connectivity index (χ0) is 21.3. The monoisotopic (exact) mass is 438 g/mol. The molecular weight excluding hydrogens is 421 g/mol. The highest BCUT2D eigenvalue weighted by Gasteiger charge is 2.48. The fraction of sp³-hybridized carbons (Fsp3) is 0.389. The average Bonchev–Trinajstić information content (AvgIpc) is 2.55. The Kier molecular flexibility index (Phi) is 6.50. The molecule has 0 amide bonds. The van der Waals surface area contributed by atoms with Crippen LogP contribution in [-0.2, 0) is 14.6 Å². The Labute approximate surface area is 165 Å². The summed E-state index contributed by atoms with van der Waals surface area (Å²) in [6.07, 6.45) is -3.09. The van der Waals surface area contributed by atoms with Gasteiger partial charge in [-0.2, -0.15) is 13.2 Å². The zero-order valence-electron chi connectivity index (χ0n) is 15.0. The molecule has 0 aliphatic carbocycles. The number of hydrogen-bond acceptors (Lipinski definition) is 4. The Balaban J connectivity index is 2.44. The van der Waals surface area contributed by atoms with Crippen LogP contribution in [0.2, 0.25) is 5.02 Å². The van der Waals surface area contributed by atoms with Gasteiger partial charge in [0.25, 0.3) is 0 Å². The maximum atomic E-state index is 13.1. The molecular formula is C18H18ClF3O5S. The van der Waals surface area contributed by atoms with Crippen molar-refractivity contribution in [3.8, 4) is 5.75 Å². The minimum atomic E-state index is -4.99. The lowest BCUT2D eigenvalue weighted by Crippen LogP contribution is -2.40. The lowest BCUT2D eigenvalue weighted by Gasteiger charge is -2.27. The normalized spacial score (nSPS) is 17.4. The number of carboxylic acids is 1. The maximum absolute atomic E-state index is 13.1. The van der Waals surface area contributed by atoms with E-state index in [-0.39, 0.29) is 21.2 Å². The van der Waals surface area contributed by atoms with Crippen molar-refractivity contribution < 1.29 is 36.2 Å². The molecule has 1 N–H and O–H groups in total. The molecule has 1 aromatic carbocycles. The highest BCUT2D eigenvalue weighted by atomic mass is 35.5. The van der Waals surface area contributed by atoms with E-state index in [1.54, 1.807) is 6.08 Å². The largest absolute Gasteiger partial charge is 0.478 e. The maximum Gasteiger partial charge on any atom is 0.430 e. The summed E-state index contributed by atoms with van der Waals surface area (Å²) in [4.78, 5) is 10.8. The third kappa shape index (κ3) is 5.08. The molecule has 5 nitrogen and oxygen atoms in total. The highest BCUT2D eigenvalue weighted by Crippen LogP contribution is 2.40. The summed E-state index contributed by atoms with van der Waals surface area (Å²) in [7, 11) is -3.92. The molecule has 0 fully saturated rings. The molecule has 0 bridgehead atoms. The zero-order valence-corrected chi connectivity index (χ0v) is 16.5. The van der Waals surface area contributed by atoms with Crippen molar-refractivity contribution in [2.45, 2.75) is 37.4 Å². The van der Waals surface area contributed by atoms with Crippen molar-refractivity contribution in [1.82, 2.24) is 0 Å². The van der Waals surface area contributed by atoms with Crippen LogP contribution in [0.3, 0.4) is 0 Å². The van der Waals surface area contributed by atoms with Gasteiger partial charge in [-0.25, -0.2) is 13.2 Å². The third-order valence-electron chi connectivity index (χ3n) is 3.87. The van der Waals surface area contributed by atoms with Gasteiger partial charge in [-0.3, -0.25) is 0 Å². The van der Waals surface area contributed by atoms with Gasteiger partial charge in [0, 0.05) is 11.6 Å². The topological polar surface area (TPSA) is 80.7 Å². The molecule has 0 radical (unpaired) electrons. The first-order valence-electron chi connectivity index (χ1n) is 8.22. The summed E-state index contributed by atoms with van der Waals surface area (Å²) >= 11 is 6.00. The van der Waals surface area contributed by atoms with Gasteiger partial charge in [-0.15, -0.1) is 0 Å². The number of benzene rings is 1. The van der Waals surface area contributed by atoms with Gasteiger partial charge in [0.1, 0.15) is 5.75 Å². The molecule has 0 saturated heterocycles. The van der Waals surface area contributed by atoms with Crippen molar-refractivity contribution in [3.05, 3.63) is 40.4 Å². The van der Waals surface area contributed by atoms with Crippen LogP contribution in [0.5, 0.6) is 5.75 Å². The molecule has 154 valence electrons. The van der Waals surface area contributed by atoms with Crippen LogP contribution in [0, 0.1) is 5.92 Å². The van der Waals surface area contributed by atoms with Crippen LogP contribution >= 0.6 is 11.6 Å². The number of halogens is 4. The fourth-order valence-corrected chi connectivity index (χ4v) is 4.24. The van der Waals surface area contributed by atoms with E-state index in [1.165, 1.54) is 6.08 Å². The van der Waals surface area contributed by atoms with Crippen LogP contribution in [0.15, 0.2) is 34.8 Å². The average molecular weight is 439 g/mol. The number of carbonyl (C=O) groups is 1. The summed E-state index contributed by atoms with van der Waals surface area (Å²) in [6.45, 7) is 3.93. The Morgan fingerprint density at radius 2 is 1.96 bits per heavy atom. The molecule has 1 heterocycles. The van der Waals surface area contributed by atoms with Gasteiger partial charge < -0.3 is 9.84 Å². The van der Waals surface area contributed by atoms with E-state index in [0.29, 0.717) is 12.3 Å². The van der Waals surface area contributed by atoms with Crippen molar-refractivity contribution >= 4 is 33.5 Å². The Hall–Kier alpha value is -2.00. The SMILES string of the molecule is CC(C)CC=CCS(=O)(=O)c1cc2c(cc1Cl)C=C(C(=O)O)C(C(F)(F)F)O2. The Morgan fingerprint density at radius 3 is 2.50 bits per heavy atom. The Bertz CT molecular complexity index is 933. The van der Waals surface area contributed by atoms with Crippen LogP contribution < -0.4 is 4.74 Å². The third-order valence-corrected chi connectivity index (χ3v) is 5.94. The summed E-state index contributed by atoms with van der Waals surface area (Å²) < 4.78 is 69.3. The number of sulfone groups is 1. The molecule has 0 aromatic heterocycles. The second kappa shape index (κ2) is 8.16. The van der Waals surface area contributed by atoms with E-state index in [2.05, 4.69) is 0 Å². The van der Waals surface area contributed by atoms with Gasteiger partial charge in [-0.1, -0.05) is 37.6 Å². The number of rotatable bonds is 6. The van der Waals surface area contributed by atoms with Crippen LogP contribution in [0.25, 0.3) is 6.08 Å². The standard InChI is InChI=1S/C18H18ClF3O5S/c1-10(2)5-3-4-6-28(25,26)15-9-14-11(8-13(15)19)7-12(17(23)24)16(27-14)18(20,21)22/h3-4,7-10,16H,5-6H2,1-2H3,(H,23,24). The second-order valence-electron chi connectivity index (χ2n) is 6.65. The van der Waals surface area contributed by atoms with Crippen molar-refractivity contribution in [2.24, 2.45) is 5.92 Å². The van der Waals surface area contributed by atoms with Gasteiger partial charge in [0.15, 0.2) is 9.84 Å². The minimum Gasteiger partial charge on any atom is -0.478 e. The smallest absolute Gasteiger partial charge is 0.430 e. The van der Waals surface area contributed by atoms with E-state index < -0.39 is 39.4 Å². The number of fused-ring (bicyclic) bond motifs is 1. The van der Waals surface area contributed by atoms with Crippen LogP contribution in [-0.4, -0.2) is 37.5 Å². The number of allylic oxidation sites excluding steroid dienone is 1. The van der Waals surface area contributed by atoms with Gasteiger partial charge in [0.05, 0.1) is 21.2 Å². The van der Waals surface area contributed by atoms with Gasteiger partial charge >= 0.3 is 12.1 Å². The van der Waals surface area contributed by atoms with E-state index in [1.807, 2.05) is 13.8 Å². The van der Waals surface area contributed by atoms with E-state index in [0.717, 1.165) is 18.2 Å². The van der Waals surface area contributed by atoms with Crippen molar-refractivity contribution in [2.75, 3.05) is 5.75 Å². The first kappa shape index (κ1) is 22.3. The minimum absolute atomic E-state index is 0.0443. The molecule has 1 atom stereocenters. The molecule has 1 aliphatic rings. The number of aliphatic carboxylic acids is 1. The summed E-state index contributed by atoms with van der Waals surface area (Å²) in [5.74, 6) is -2.23. The Morgan fingerprint density at radius 1 is 1.32 bits per heavy atom. The first-order valence-corrected chi connectivity index (χ1v) is 10.3. The molecule has 28 heavy (non-hydrogen) atoms. The number of carboxylic acid groups (broad SMARTS) is 1. The summed E-state index contributed by atoms with van der Waals surface area (Å²) in [5.41, 5.74) is -1.06. The fourth-order valence-electron chi connectivity index (χ4n) is 2.51. The molecule has 1 unspecified atom stereocenters. The van der Waals surface area contributed by atoms with E-state index in [4.69, 9.17) is 21.4 Å². The van der Waals surface area contributed by atoms with Crippen LogP contribution in [0.1, 0.15) is 25.8 Å². The van der Waals surface area contributed by atoms with Crippen molar-refractivity contribution in [1.29, 1.82) is 0 Å². The molecule has 1 aliphatic heterocycles. The predicted octanol–water partition coefficient (Wildman–Crippen LogP) is 4.51. The summed E-state index contributed by atoms with van der Waals surface area (Å²) in [6, 6.07) is 1.98. The first-order chi connectivity index (χ1) is 12.8. The molecule has 2 rings (SSSR count). The quantitative estimate of drug-likeness (QED) is 0.661. The molecule has 0 spiro atoms. The van der Waals surface area contributed by atoms with Gasteiger partial charge in [0.2, 0.25) is 6.10 Å². The van der Waals surface area contributed by atoms with E-state index in [9.17, 15) is 26.4 Å². The number of alkyl halides is 3. The lowest BCUT2D eigenvalue weighted by atomic mass is 10.0. The summed E-state index contributed by atoms with van der Waals surface area (Å²) in [5, 5.41) is 8.79. The molecule has 1 aromatic rings. The molecule has 0 saturated carbocycles. The highest BCUT2D eigenvalue weighted by molar-refractivity contribution is 7.91. The van der Waals surface area contributed by atoms with E-state index >= 15 is 0 Å². The number of ether oxygens (including phenoxy) is 1. The van der Waals surface area contributed by atoms with Gasteiger partial charge in [-0.05, 0) is 24.5 Å².